The van der Waals surface area contributed by atoms with Gasteiger partial charge in [0.2, 0.25) is 5.88 Å². The van der Waals surface area contributed by atoms with Crippen molar-refractivity contribution in [2.24, 2.45) is 0 Å². The monoisotopic (exact) mass is 255 g/mol. The molecule has 0 aliphatic rings. The second-order valence-electron chi connectivity index (χ2n) is 4.10. The number of methoxy groups -OCH3 is 2. The van der Waals surface area contributed by atoms with Gasteiger partial charge in [-0.25, -0.2) is 9.97 Å². The van der Waals surface area contributed by atoms with Crippen LogP contribution in [-0.4, -0.2) is 24.2 Å². The number of fused-ring (bicyclic) bond motifs is 3. The summed E-state index contributed by atoms with van der Waals surface area (Å²) in [5.41, 5.74) is 6.79. The molecule has 5 nitrogen and oxygen atoms in total. The summed E-state index contributed by atoms with van der Waals surface area (Å²) < 4.78 is 10.7. The van der Waals surface area contributed by atoms with E-state index in [1.165, 1.54) is 0 Å². The Hall–Kier alpha value is -2.56. The fourth-order valence-electron chi connectivity index (χ4n) is 2.24. The summed E-state index contributed by atoms with van der Waals surface area (Å²) in [6, 6.07) is 7.78. The van der Waals surface area contributed by atoms with Gasteiger partial charge in [-0.3, -0.25) is 0 Å². The topological polar surface area (TPSA) is 70.3 Å². The minimum atomic E-state index is 0.380. The molecule has 0 saturated carbocycles. The van der Waals surface area contributed by atoms with Crippen molar-refractivity contribution in [2.75, 3.05) is 20.0 Å². The molecule has 0 saturated heterocycles. The molecule has 0 atom stereocenters. The van der Waals surface area contributed by atoms with Crippen LogP contribution in [0.2, 0.25) is 0 Å². The molecule has 2 heterocycles. The molecule has 3 aromatic rings. The minimum absolute atomic E-state index is 0.380. The highest BCUT2D eigenvalue weighted by Gasteiger charge is 2.16. The molecule has 0 fully saturated rings. The molecule has 0 spiro atoms. The molecule has 2 N–H and O–H groups in total. The molecular weight excluding hydrogens is 242 g/mol. The molecule has 3 rings (SSSR count). The van der Waals surface area contributed by atoms with Crippen molar-refractivity contribution in [3.63, 3.8) is 0 Å². The average molecular weight is 255 g/mol. The van der Waals surface area contributed by atoms with E-state index in [0.717, 1.165) is 16.3 Å². The van der Waals surface area contributed by atoms with Gasteiger partial charge in [-0.05, 0) is 6.07 Å². The number of para-hydroxylation sites is 1. The van der Waals surface area contributed by atoms with Gasteiger partial charge in [0.1, 0.15) is 11.6 Å². The minimum Gasteiger partial charge on any atom is -0.494 e. The van der Waals surface area contributed by atoms with Crippen molar-refractivity contribution >= 4 is 27.5 Å². The first-order valence-corrected chi connectivity index (χ1v) is 5.81. The Morgan fingerprint density at radius 2 is 1.84 bits per heavy atom. The summed E-state index contributed by atoms with van der Waals surface area (Å²) in [4.78, 5) is 8.59. The third-order valence-electron chi connectivity index (χ3n) is 3.10. The Morgan fingerprint density at radius 3 is 2.58 bits per heavy atom. The highest BCUT2D eigenvalue weighted by atomic mass is 16.5. The van der Waals surface area contributed by atoms with Crippen molar-refractivity contribution in [3.8, 4) is 11.6 Å². The number of ether oxygens (including phenoxy) is 2. The number of benzene rings is 1. The Morgan fingerprint density at radius 1 is 1.05 bits per heavy atom. The second-order valence-corrected chi connectivity index (χ2v) is 4.10. The van der Waals surface area contributed by atoms with Gasteiger partial charge in [0.15, 0.2) is 0 Å². The van der Waals surface area contributed by atoms with Crippen LogP contribution in [0.25, 0.3) is 21.7 Å². The number of pyridine rings is 2. The molecule has 0 aliphatic carbocycles. The third kappa shape index (κ3) is 1.62. The standard InChI is InChI=1S/C14H13N3O2/c1-18-10-7-16-13(15)12-11(10)8-5-3-4-6-9(8)17-14(12)19-2/h3-7H,1-2H3,(H2,15,16). The first-order valence-electron chi connectivity index (χ1n) is 5.81. The van der Waals surface area contributed by atoms with E-state index in [4.69, 9.17) is 15.2 Å². The summed E-state index contributed by atoms with van der Waals surface area (Å²) in [5.74, 6) is 1.49. The largest absolute Gasteiger partial charge is 0.494 e. The zero-order chi connectivity index (χ0) is 13.4. The highest BCUT2D eigenvalue weighted by Crippen LogP contribution is 2.38. The van der Waals surface area contributed by atoms with Crippen LogP contribution in [0.3, 0.4) is 0 Å². The number of nitrogens with zero attached hydrogens (tertiary/aromatic N) is 2. The quantitative estimate of drug-likeness (QED) is 0.712. The van der Waals surface area contributed by atoms with Gasteiger partial charge < -0.3 is 15.2 Å². The van der Waals surface area contributed by atoms with E-state index in [0.29, 0.717) is 22.8 Å². The van der Waals surface area contributed by atoms with E-state index in [1.807, 2.05) is 24.3 Å². The van der Waals surface area contributed by atoms with Crippen molar-refractivity contribution < 1.29 is 9.47 Å². The van der Waals surface area contributed by atoms with Gasteiger partial charge in [-0.1, -0.05) is 18.2 Å². The van der Waals surface area contributed by atoms with Crippen LogP contribution in [0, 0.1) is 0 Å². The number of nitrogens with two attached hydrogens (primary N) is 1. The molecular formula is C14H13N3O2. The number of rotatable bonds is 2. The van der Waals surface area contributed by atoms with Gasteiger partial charge in [0, 0.05) is 10.8 Å². The zero-order valence-electron chi connectivity index (χ0n) is 10.7. The normalized spacial score (nSPS) is 10.8. The van der Waals surface area contributed by atoms with Gasteiger partial charge >= 0.3 is 0 Å². The number of nitrogen functional groups attached to an aromatic ring is 1. The molecule has 0 bridgehead atoms. The maximum absolute atomic E-state index is 5.96. The van der Waals surface area contributed by atoms with E-state index in [1.54, 1.807) is 20.4 Å². The van der Waals surface area contributed by atoms with Crippen LogP contribution in [0.4, 0.5) is 5.82 Å². The van der Waals surface area contributed by atoms with E-state index in [-0.39, 0.29) is 0 Å². The van der Waals surface area contributed by atoms with E-state index in [2.05, 4.69) is 9.97 Å². The lowest BCUT2D eigenvalue weighted by Gasteiger charge is -2.12. The lowest BCUT2D eigenvalue weighted by Crippen LogP contribution is -1.99. The van der Waals surface area contributed by atoms with E-state index >= 15 is 0 Å². The molecule has 96 valence electrons. The molecule has 1 aromatic carbocycles. The van der Waals surface area contributed by atoms with E-state index < -0.39 is 0 Å². The summed E-state index contributed by atoms with van der Waals surface area (Å²) in [7, 11) is 3.17. The number of aromatic nitrogens is 2. The molecule has 5 heteroatoms. The Labute approximate surface area is 110 Å². The maximum atomic E-state index is 5.96. The van der Waals surface area contributed by atoms with Crippen LogP contribution in [0.1, 0.15) is 0 Å². The predicted molar refractivity (Wildman–Crippen MR) is 74.6 cm³/mol. The lowest BCUT2D eigenvalue weighted by molar-refractivity contribution is 0.403. The number of anilines is 1. The van der Waals surface area contributed by atoms with Crippen molar-refractivity contribution in [1.82, 2.24) is 9.97 Å². The molecule has 19 heavy (non-hydrogen) atoms. The Balaban J connectivity index is 2.62. The van der Waals surface area contributed by atoms with Crippen LogP contribution in [0.15, 0.2) is 30.5 Å². The van der Waals surface area contributed by atoms with Crippen molar-refractivity contribution in [1.29, 1.82) is 0 Å². The summed E-state index contributed by atoms with van der Waals surface area (Å²) in [6.45, 7) is 0. The van der Waals surface area contributed by atoms with Gasteiger partial charge in [0.05, 0.1) is 31.3 Å². The van der Waals surface area contributed by atoms with Gasteiger partial charge in [0.25, 0.3) is 0 Å². The fraction of sp³-hybridized carbons (Fsp3) is 0.143. The first kappa shape index (κ1) is 11.5. The highest BCUT2D eigenvalue weighted by molar-refractivity contribution is 6.14. The summed E-state index contributed by atoms with van der Waals surface area (Å²) in [6.07, 6.45) is 1.61. The lowest BCUT2D eigenvalue weighted by atomic mass is 10.1. The van der Waals surface area contributed by atoms with Gasteiger partial charge in [-0.15, -0.1) is 0 Å². The zero-order valence-corrected chi connectivity index (χ0v) is 10.7. The molecule has 2 aromatic heterocycles. The Kier molecular flexibility index (Phi) is 2.59. The Bertz CT molecular complexity index is 771. The SMILES string of the molecule is COc1nc2ccccc2c2c(OC)cnc(N)c12. The summed E-state index contributed by atoms with van der Waals surface area (Å²) in [5, 5.41) is 2.52. The predicted octanol–water partition coefficient (Wildman–Crippen LogP) is 2.38. The maximum Gasteiger partial charge on any atom is 0.225 e. The average Bonchev–Trinajstić information content (AvgIpc) is 2.46. The fourth-order valence-corrected chi connectivity index (χ4v) is 2.24. The van der Waals surface area contributed by atoms with Crippen molar-refractivity contribution in [3.05, 3.63) is 30.5 Å². The molecule has 0 radical (unpaired) electrons. The van der Waals surface area contributed by atoms with Gasteiger partial charge in [-0.2, -0.15) is 0 Å². The smallest absolute Gasteiger partial charge is 0.225 e. The van der Waals surface area contributed by atoms with Crippen LogP contribution < -0.4 is 15.2 Å². The van der Waals surface area contributed by atoms with Crippen LogP contribution in [-0.2, 0) is 0 Å². The number of hydrogen-bond donors (Lipinski definition) is 1. The summed E-state index contributed by atoms with van der Waals surface area (Å²) >= 11 is 0. The number of hydrogen-bond acceptors (Lipinski definition) is 5. The van der Waals surface area contributed by atoms with E-state index in [9.17, 15) is 0 Å². The second kappa shape index (κ2) is 4.28. The molecule has 0 amide bonds. The van der Waals surface area contributed by atoms with Crippen molar-refractivity contribution in [2.45, 2.75) is 0 Å². The molecule has 0 unspecified atom stereocenters. The van der Waals surface area contributed by atoms with Crippen LogP contribution in [0.5, 0.6) is 11.6 Å². The van der Waals surface area contributed by atoms with Crippen LogP contribution >= 0.6 is 0 Å². The molecule has 0 aliphatic heterocycles. The third-order valence-corrected chi connectivity index (χ3v) is 3.10. The first-order chi connectivity index (χ1) is 9.26.